The number of pyridine rings is 1. The minimum atomic E-state index is -0.0260. The van der Waals surface area contributed by atoms with E-state index in [9.17, 15) is 4.79 Å². The third kappa shape index (κ3) is 5.95. The molecular weight excluding hydrogens is 452 g/mol. The smallest absolute Gasteiger partial charge is 0.252 e. The van der Waals surface area contributed by atoms with Gasteiger partial charge in [-0.05, 0) is 37.0 Å². The van der Waals surface area contributed by atoms with Gasteiger partial charge in [0.25, 0.3) is 5.91 Å². The van der Waals surface area contributed by atoms with Crippen molar-refractivity contribution in [2.75, 3.05) is 31.1 Å². The first-order valence-electron chi connectivity index (χ1n) is 12.5. The van der Waals surface area contributed by atoms with Crippen molar-refractivity contribution in [2.45, 2.75) is 25.8 Å². The molecule has 1 aliphatic heterocycles. The summed E-state index contributed by atoms with van der Waals surface area (Å²) >= 11 is 2.01. The van der Waals surface area contributed by atoms with Gasteiger partial charge in [-0.2, -0.15) is 11.8 Å². The molecule has 2 aromatic carbocycles. The molecular formula is C29H32N4OS. The normalized spacial score (nSPS) is 14.3. The Hall–Kier alpha value is -3.09. The SMILES string of the molecule is O=C(NCCCCc1ccccc1)c1ccc2nc(-c3ccccc3)c(CN3CCSCC3)n2c1. The van der Waals surface area contributed by atoms with Gasteiger partial charge in [0.15, 0.2) is 0 Å². The Kier molecular flexibility index (Phi) is 7.81. The topological polar surface area (TPSA) is 49.6 Å². The van der Waals surface area contributed by atoms with Crippen molar-refractivity contribution >= 4 is 23.3 Å². The molecule has 1 amide bonds. The highest BCUT2D eigenvalue weighted by molar-refractivity contribution is 7.99. The van der Waals surface area contributed by atoms with Crippen LogP contribution < -0.4 is 5.32 Å². The molecule has 3 heterocycles. The maximum atomic E-state index is 12.9. The number of nitrogens with zero attached hydrogens (tertiary/aromatic N) is 3. The Morgan fingerprint density at radius 1 is 0.914 bits per heavy atom. The summed E-state index contributed by atoms with van der Waals surface area (Å²) in [6, 6.07) is 24.7. The molecule has 1 saturated heterocycles. The summed E-state index contributed by atoms with van der Waals surface area (Å²) in [7, 11) is 0. The van der Waals surface area contributed by atoms with E-state index in [1.807, 2.05) is 42.2 Å². The molecule has 35 heavy (non-hydrogen) atoms. The lowest BCUT2D eigenvalue weighted by Gasteiger charge is -2.26. The van der Waals surface area contributed by atoms with E-state index in [1.54, 1.807) is 0 Å². The number of carbonyl (C=O) groups excluding carboxylic acids is 1. The summed E-state index contributed by atoms with van der Waals surface area (Å²) in [6.45, 7) is 3.67. The Morgan fingerprint density at radius 3 is 2.43 bits per heavy atom. The molecule has 180 valence electrons. The van der Waals surface area contributed by atoms with Crippen LogP contribution >= 0.6 is 11.8 Å². The molecule has 6 heteroatoms. The molecule has 5 nitrogen and oxygen atoms in total. The van der Waals surface area contributed by atoms with Crippen LogP contribution in [-0.4, -0.2) is 51.3 Å². The Bertz CT molecular complexity index is 1250. The van der Waals surface area contributed by atoms with Crippen LogP contribution in [0.5, 0.6) is 0 Å². The van der Waals surface area contributed by atoms with E-state index >= 15 is 0 Å². The highest BCUT2D eigenvalue weighted by Gasteiger charge is 2.19. The Balaban J connectivity index is 1.31. The number of fused-ring (bicyclic) bond motifs is 1. The van der Waals surface area contributed by atoms with Crippen LogP contribution in [0.1, 0.15) is 34.5 Å². The number of aryl methyl sites for hydroxylation is 1. The van der Waals surface area contributed by atoms with Crippen molar-refractivity contribution in [1.82, 2.24) is 19.6 Å². The number of nitrogens with one attached hydrogen (secondary N) is 1. The third-order valence-electron chi connectivity index (χ3n) is 6.52. The van der Waals surface area contributed by atoms with Crippen molar-refractivity contribution < 1.29 is 4.79 Å². The van der Waals surface area contributed by atoms with Crippen molar-refractivity contribution in [1.29, 1.82) is 0 Å². The molecule has 1 aliphatic rings. The highest BCUT2D eigenvalue weighted by Crippen LogP contribution is 2.27. The summed E-state index contributed by atoms with van der Waals surface area (Å²) < 4.78 is 2.12. The van der Waals surface area contributed by atoms with E-state index < -0.39 is 0 Å². The minimum Gasteiger partial charge on any atom is -0.352 e. The van der Waals surface area contributed by atoms with Gasteiger partial charge in [0.05, 0.1) is 17.0 Å². The standard InChI is InChI=1S/C29H32N4OS/c34-29(30-16-8-7-11-23-9-3-1-4-10-23)25-14-15-27-31-28(24-12-5-2-6-13-24)26(33(27)21-25)22-32-17-19-35-20-18-32/h1-6,9-10,12-15,21H,7-8,11,16-20,22H2,(H,30,34). The van der Waals surface area contributed by atoms with Gasteiger partial charge in [-0.3, -0.25) is 9.69 Å². The van der Waals surface area contributed by atoms with Crippen molar-refractivity contribution in [3.8, 4) is 11.3 Å². The summed E-state index contributed by atoms with van der Waals surface area (Å²) in [5.41, 5.74) is 6.16. The van der Waals surface area contributed by atoms with Crippen LogP contribution in [0.25, 0.3) is 16.9 Å². The van der Waals surface area contributed by atoms with Gasteiger partial charge in [0.2, 0.25) is 0 Å². The lowest BCUT2D eigenvalue weighted by molar-refractivity contribution is 0.0952. The Morgan fingerprint density at radius 2 is 1.66 bits per heavy atom. The molecule has 2 aromatic heterocycles. The second-order valence-corrected chi connectivity index (χ2v) is 10.2. The number of aromatic nitrogens is 2. The highest BCUT2D eigenvalue weighted by atomic mass is 32.2. The second-order valence-electron chi connectivity index (χ2n) is 9.01. The molecule has 0 spiro atoms. The van der Waals surface area contributed by atoms with Gasteiger partial charge in [-0.25, -0.2) is 4.98 Å². The van der Waals surface area contributed by atoms with Crippen molar-refractivity contribution in [3.05, 3.63) is 95.8 Å². The molecule has 4 aromatic rings. The molecule has 0 atom stereocenters. The maximum Gasteiger partial charge on any atom is 0.252 e. The first-order valence-corrected chi connectivity index (χ1v) is 13.6. The molecule has 0 aliphatic carbocycles. The fourth-order valence-corrected chi connectivity index (χ4v) is 5.56. The largest absolute Gasteiger partial charge is 0.352 e. The summed E-state index contributed by atoms with van der Waals surface area (Å²) in [5, 5.41) is 3.10. The van der Waals surface area contributed by atoms with Crippen LogP contribution in [0.3, 0.4) is 0 Å². The average molecular weight is 485 g/mol. The van der Waals surface area contributed by atoms with Gasteiger partial charge in [0.1, 0.15) is 5.65 Å². The van der Waals surface area contributed by atoms with Gasteiger partial charge in [0, 0.05) is 49.4 Å². The van der Waals surface area contributed by atoms with E-state index in [0.29, 0.717) is 12.1 Å². The molecule has 0 bridgehead atoms. The lowest BCUT2D eigenvalue weighted by atomic mass is 10.1. The van der Waals surface area contributed by atoms with Crippen molar-refractivity contribution in [3.63, 3.8) is 0 Å². The maximum absolute atomic E-state index is 12.9. The van der Waals surface area contributed by atoms with Crippen molar-refractivity contribution in [2.24, 2.45) is 0 Å². The van der Waals surface area contributed by atoms with E-state index in [0.717, 1.165) is 73.0 Å². The average Bonchev–Trinajstić information content (AvgIpc) is 3.27. The van der Waals surface area contributed by atoms with Crippen LogP contribution in [-0.2, 0) is 13.0 Å². The first kappa shape index (κ1) is 23.6. The van der Waals surface area contributed by atoms with Gasteiger partial charge in [-0.15, -0.1) is 0 Å². The number of amides is 1. The van der Waals surface area contributed by atoms with Crippen LogP contribution in [0, 0.1) is 0 Å². The minimum absolute atomic E-state index is 0.0260. The number of rotatable bonds is 9. The molecule has 5 rings (SSSR count). The van der Waals surface area contributed by atoms with E-state index in [-0.39, 0.29) is 5.91 Å². The molecule has 1 fully saturated rings. The third-order valence-corrected chi connectivity index (χ3v) is 7.47. The zero-order valence-electron chi connectivity index (χ0n) is 20.0. The number of benzene rings is 2. The fourth-order valence-electron chi connectivity index (χ4n) is 4.58. The fraction of sp³-hybridized carbons (Fsp3) is 0.310. The number of hydrogen-bond acceptors (Lipinski definition) is 4. The quantitative estimate of drug-likeness (QED) is 0.328. The van der Waals surface area contributed by atoms with E-state index in [4.69, 9.17) is 4.98 Å². The molecule has 0 radical (unpaired) electrons. The molecule has 0 unspecified atom stereocenters. The second kappa shape index (κ2) is 11.6. The summed E-state index contributed by atoms with van der Waals surface area (Å²) in [6.07, 6.45) is 5.02. The predicted molar refractivity (Wildman–Crippen MR) is 145 cm³/mol. The summed E-state index contributed by atoms with van der Waals surface area (Å²) in [4.78, 5) is 20.4. The first-order chi connectivity index (χ1) is 17.3. The number of imidazole rings is 1. The molecule has 0 saturated carbocycles. The molecule has 1 N–H and O–H groups in total. The zero-order valence-corrected chi connectivity index (χ0v) is 20.8. The predicted octanol–water partition coefficient (Wildman–Crippen LogP) is 5.30. The van der Waals surface area contributed by atoms with Crippen LogP contribution in [0.2, 0.25) is 0 Å². The number of hydrogen-bond donors (Lipinski definition) is 1. The van der Waals surface area contributed by atoms with Gasteiger partial charge >= 0.3 is 0 Å². The van der Waals surface area contributed by atoms with E-state index in [2.05, 4.69) is 63.1 Å². The monoisotopic (exact) mass is 484 g/mol. The zero-order chi connectivity index (χ0) is 23.9. The summed E-state index contributed by atoms with van der Waals surface area (Å²) in [5.74, 6) is 2.30. The Labute approximate surface area is 211 Å². The van der Waals surface area contributed by atoms with E-state index in [1.165, 1.54) is 5.56 Å². The van der Waals surface area contributed by atoms with Gasteiger partial charge in [-0.1, -0.05) is 60.7 Å². The number of carbonyl (C=O) groups is 1. The number of unbranched alkanes of at least 4 members (excludes halogenated alkanes) is 1. The van der Waals surface area contributed by atoms with Crippen LogP contribution in [0.4, 0.5) is 0 Å². The number of thioether (sulfide) groups is 1. The lowest BCUT2D eigenvalue weighted by Crippen LogP contribution is -2.32. The van der Waals surface area contributed by atoms with Gasteiger partial charge < -0.3 is 9.72 Å². The van der Waals surface area contributed by atoms with Crippen LogP contribution in [0.15, 0.2) is 79.0 Å².